The molecule has 2 aliphatic rings. The van der Waals surface area contributed by atoms with Crippen LogP contribution in [0.15, 0.2) is 24.3 Å². The van der Waals surface area contributed by atoms with Crippen LogP contribution in [0.1, 0.15) is 31.7 Å². The molecule has 1 saturated heterocycles. The van der Waals surface area contributed by atoms with Crippen LogP contribution in [0.4, 0.5) is 4.79 Å². The number of hydrogen-bond acceptors (Lipinski definition) is 2. The van der Waals surface area contributed by atoms with Gasteiger partial charge >= 0.3 is 12.0 Å². The Kier molecular flexibility index (Phi) is 4.00. The summed E-state index contributed by atoms with van der Waals surface area (Å²) in [4.78, 5) is 25.2. The van der Waals surface area contributed by atoms with Crippen molar-refractivity contribution in [1.29, 1.82) is 0 Å². The number of benzene rings is 1. The highest BCUT2D eigenvalue weighted by Gasteiger charge is 2.46. The Hall–Kier alpha value is -1.75. The summed E-state index contributed by atoms with van der Waals surface area (Å²) in [7, 11) is 0. The maximum atomic E-state index is 12.3. The number of nitrogens with zero attached hydrogens (tertiary/aromatic N) is 1. The SMILES string of the molecule is CC1(C(=O)O)CCN(C(=O)NCC2(c3cccc(Cl)c3)CC2)C1. The predicted molar refractivity (Wildman–Crippen MR) is 87.7 cm³/mol. The lowest BCUT2D eigenvalue weighted by molar-refractivity contribution is -0.146. The molecule has 1 aromatic rings. The van der Waals surface area contributed by atoms with Gasteiger partial charge in [0.05, 0.1) is 5.41 Å². The van der Waals surface area contributed by atoms with E-state index in [4.69, 9.17) is 11.6 Å². The second-order valence-electron chi connectivity index (χ2n) is 6.99. The number of halogens is 1. The number of likely N-dealkylation sites (tertiary alicyclic amines) is 1. The zero-order valence-corrected chi connectivity index (χ0v) is 13.9. The summed E-state index contributed by atoms with van der Waals surface area (Å²) < 4.78 is 0. The summed E-state index contributed by atoms with van der Waals surface area (Å²) in [6.45, 7) is 3.00. The highest BCUT2D eigenvalue weighted by Crippen LogP contribution is 2.48. The Morgan fingerprint density at radius 3 is 2.65 bits per heavy atom. The zero-order valence-electron chi connectivity index (χ0n) is 13.1. The number of carbonyl (C=O) groups is 2. The summed E-state index contributed by atoms with van der Waals surface area (Å²) in [5, 5.41) is 12.9. The second kappa shape index (κ2) is 5.71. The van der Waals surface area contributed by atoms with Crippen molar-refractivity contribution in [3.05, 3.63) is 34.9 Å². The maximum Gasteiger partial charge on any atom is 0.317 e. The smallest absolute Gasteiger partial charge is 0.317 e. The van der Waals surface area contributed by atoms with Crippen LogP contribution in [-0.4, -0.2) is 41.6 Å². The number of carboxylic acid groups (broad SMARTS) is 1. The molecule has 0 aromatic heterocycles. The lowest BCUT2D eigenvalue weighted by Gasteiger charge is -2.23. The molecule has 3 rings (SSSR count). The van der Waals surface area contributed by atoms with E-state index >= 15 is 0 Å². The van der Waals surface area contributed by atoms with Crippen LogP contribution in [0.2, 0.25) is 5.02 Å². The third-order valence-electron chi connectivity index (χ3n) is 5.15. The molecule has 1 aromatic carbocycles. The fraction of sp³-hybridized carbons (Fsp3) is 0.529. The van der Waals surface area contributed by atoms with Crippen molar-refractivity contribution < 1.29 is 14.7 Å². The first-order valence-electron chi connectivity index (χ1n) is 7.87. The monoisotopic (exact) mass is 336 g/mol. The summed E-state index contributed by atoms with van der Waals surface area (Å²) in [6, 6.07) is 7.60. The van der Waals surface area contributed by atoms with Crippen LogP contribution in [0.3, 0.4) is 0 Å². The average Bonchev–Trinajstić information content (AvgIpc) is 3.20. The normalized spacial score (nSPS) is 25.2. The molecule has 1 saturated carbocycles. The van der Waals surface area contributed by atoms with E-state index in [-0.39, 0.29) is 18.0 Å². The number of carbonyl (C=O) groups excluding carboxylic acids is 1. The van der Waals surface area contributed by atoms with Crippen LogP contribution in [0.5, 0.6) is 0 Å². The minimum absolute atomic E-state index is 0.0175. The largest absolute Gasteiger partial charge is 0.481 e. The Bertz CT molecular complexity index is 644. The van der Waals surface area contributed by atoms with Gasteiger partial charge in [-0.1, -0.05) is 23.7 Å². The molecular formula is C17H21ClN2O3. The minimum atomic E-state index is -0.842. The molecule has 2 fully saturated rings. The number of amides is 2. The van der Waals surface area contributed by atoms with E-state index < -0.39 is 11.4 Å². The van der Waals surface area contributed by atoms with Crippen LogP contribution in [0, 0.1) is 5.41 Å². The summed E-state index contributed by atoms with van der Waals surface area (Å²) in [5.41, 5.74) is 0.305. The van der Waals surface area contributed by atoms with E-state index in [9.17, 15) is 14.7 Å². The van der Waals surface area contributed by atoms with E-state index in [1.54, 1.807) is 11.8 Å². The average molecular weight is 337 g/mol. The molecule has 0 radical (unpaired) electrons. The Morgan fingerprint density at radius 1 is 1.35 bits per heavy atom. The summed E-state index contributed by atoms with van der Waals surface area (Å²) in [6.07, 6.45) is 2.55. The molecule has 23 heavy (non-hydrogen) atoms. The molecule has 1 aliphatic carbocycles. The quantitative estimate of drug-likeness (QED) is 0.888. The maximum absolute atomic E-state index is 12.3. The molecule has 0 spiro atoms. The van der Waals surface area contributed by atoms with Gasteiger partial charge < -0.3 is 15.3 Å². The van der Waals surface area contributed by atoms with Crippen molar-refractivity contribution in [3.63, 3.8) is 0 Å². The van der Waals surface area contributed by atoms with Gasteiger partial charge in [0.2, 0.25) is 0 Å². The predicted octanol–water partition coefficient (Wildman–Crippen LogP) is 2.88. The molecule has 1 atom stereocenters. The molecule has 124 valence electrons. The van der Waals surface area contributed by atoms with Crippen LogP contribution in [0.25, 0.3) is 0 Å². The van der Waals surface area contributed by atoms with Gasteiger partial charge in [-0.3, -0.25) is 4.79 Å². The fourth-order valence-corrected chi connectivity index (χ4v) is 3.39. The lowest BCUT2D eigenvalue weighted by atomic mass is 9.90. The molecule has 1 aliphatic heterocycles. The van der Waals surface area contributed by atoms with Gasteiger partial charge in [0, 0.05) is 30.1 Å². The Labute approximate surface area is 140 Å². The molecule has 2 amide bonds. The number of nitrogens with one attached hydrogen (secondary N) is 1. The third kappa shape index (κ3) is 3.15. The van der Waals surface area contributed by atoms with Gasteiger partial charge in [0.1, 0.15) is 0 Å². The molecule has 6 heteroatoms. The standard InChI is InChI=1S/C17H21ClN2O3/c1-16(14(21)22)7-8-20(11-16)15(23)19-10-17(5-6-17)12-3-2-4-13(18)9-12/h2-4,9H,5-8,10-11H2,1H3,(H,19,23)(H,21,22). The van der Waals surface area contributed by atoms with Gasteiger partial charge in [0.25, 0.3) is 0 Å². The van der Waals surface area contributed by atoms with Gasteiger partial charge in [-0.25, -0.2) is 4.79 Å². The van der Waals surface area contributed by atoms with Crippen molar-refractivity contribution in [1.82, 2.24) is 10.2 Å². The van der Waals surface area contributed by atoms with E-state index in [0.717, 1.165) is 18.4 Å². The van der Waals surface area contributed by atoms with Gasteiger partial charge in [-0.2, -0.15) is 0 Å². The number of aliphatic carboxylic acids is 1. The summed E-state index contributed by atoms with van der Waals surface area (Å²) in [5.74, 6) is -0.842. The zero-order chi connectivity index (χ0) is 16.7. The van der Waals surface area contributed by atoms with E-state index in [1.807, 2.05) is 24.3 Å². The Balaban J connectivity index is 1.59. The number of hydrogen-bond donors (Lipinski definition) is 2. The van der Waals surface area contributed by atoms with E-state index in [2.05, 4.69) is 5.32 Å². The third-order valence-corrected chi connectivity index (χ3v) is 5.38. The molecule has 1 heterocycles. The van der Waals surface area contributed by atoms with E-state index in [1.165, 1.54) is 0 Å². The number of rotatable bonds is 4. The molecule has 0 bridgehead atoms. The van der Waals surface area contributed by atoms with Crippen molar-refractivity contribution in [2.45, 2.75) is 31.6 Å². The van der Waals surface area contributed by atoms with Crippen molar-refractivity contribution >= 4 is 23.6 Å². The van der Waals surface area contributed by atoms with Crippen LogP contribution >= 0.6 is 11.6 Å². The van der Waals surface area contributed by atoms with Gasteiger partial charge in [-0.05, 0) is 43.9 Å². The fourth-order valence-electron chi connectivity index (χ4n) is 3.20. The second-order valence-corrected chi connectivity index (χ2v) is 7.42. The van der Waals surface area contributed by atoms with Crippen LogP contribution in [-0.2, 0) is 10.2 Å². The first-order valence-corrected chi connectivity index (χ1v) is 8.25. The minimum Gasteiger partial charge on any atom is -0.481 e. The van der Waals surface area contributed by atoms with Crippen molar-refractivity contribution in [2.75, 3.05) is 19.6 Å². The topological polar surface area (TPSA) is 69.6 Å². The van der Waals surface area contributed by atoms with Crippen LogP contribution < -0.4 is 5.32 Å². The van der Waals surface area contributed by atoms with Crippen molar-refractivity contribution in [2.24, 2.45) is 5.41 Å². The lowest BCUT2D eigenvalue weighted by Crippen LogP contribution is -2.43. The van der Waals surface area contributed by atoms with Crippen molar-refractivity contribution in [3.8, 4) is 0 Å². The molecule has 1 unspecified atom stereocenters. The summed E-state index contributed by atoms with van der Waals surface area (Å²) >= 11 is 6.05. The Morgan fingerprint density at radius 2 is 2.09 bits per heavy atom. The first kappa shape index (κ1) is 16.1. The molecule has 5 nitrogen and oxygen atoms in total. The number of urea groups is 1. The van der Waals surface area contributed by atoms with E-state index in [0.29, 0.717) is 24.5 Å². The van der Waals surface area contributed by atoms with Gasteiger partial charge in [-0.15, -0.1) is 0 Å². The first-order chi connectivity index (χ1) is 10.8. The van der Waals surface area contributed by atoms with Gasteiger partial charge in [0.15, 0.2) is 0 Å². The molecule has 2 N–H and O–H groups in total. The molecular weight excluding hydrogens is 316 g/mol. The number of carboxylic acids is 1. The highest BCUT2D eigenvalue weighted by atomic mass is 35.5. The highest BCUT2D eigenvalue weighted by molar-refractivity contribution is 6.30.